The van der Waals surface area contributed by atoms with Crippen LogP contribution >= 0.6 is 0 Å². The molecule has 29 heavy (non-hydrogen) atoms. The molecule has 9 nitrogen and oxygen atoms in total. The molecule has 0 radical (unpaired) electrons. The maximum absolute atomic E-state index is 12.4. The maximum Gasteiger partial charge on any atom is 0.290 e. The molecule has 0 atom stereocenters. The van der Waals surface area contributed by atoms with Gasteiger partial charge in [0.1, 0.15) is 0 Å². The fourth-order valence-corrected chi connectivity index (χ4v) is 3.83. The molecule has 2 heterocycles. The smallest absolute Gasteiger partial charge is 0.290 e. The van der Waals surface area contributed by atoms with Crippen molar-refractivity contribution in [2.45, 2.75) is 19.3 Å². The van der Waals surface area contributed by atoms with Crippen molar-refractivity contribution >= 4 is 22.4 Å². The summed E-state index contributed by atoms with van der Waals surface area (Å²) in [6.45, 7) is 1.13. The molecule has 1 aromatic heterocycles. The standard InChI is InChI=1S/C18H24N4O3S.CH2O2/c1-21-16-10-13-22(17(23)8-11-19-26(2,24)25)12-9-15(16)18(20-21)14-6-4-3-5-7-14;2-1-3/h3-7,19H,8-13H2,1-2H3;1H,(H,2,3). The van der Waals surface area contributed by atoms with E-state index in [2.05, 4.69) is 9.82 Å². The zero-order valence-corrected chi connectivity index (χ0v) is 17.4. The molecule has 0 bridgehead atoms. The molecule has 0 aliphatic carbocycles. The molecule has 3 rings (SSSR count). The predicted molar refractivity (Wildman–Crippen MR) is 109 cm³/mol. The Morgan fingerprint density at radius 2 is 1.86 bits per heavy atom. The molecule has 1 amide bonds. The molecule has 0 spiro atoms. The molecule has 0 unspecified atom stereocenters. The summed E-state index contributed by atoms with van der Waals surface area (Å²) in [5.74, 6) is -0.0248. The Labute approximate surface area is 170 Å². The summed E-state index contributed by atoms with van der Waals surface area (Å²) >= 11 is 0. The minimum Gasteiger partial charge on any atom is -0.483 e. The zero-order chi connectivity index (χ0) is 21.4. The maximum atomic E-state index is 12.4. The van der Waals surface area contributed by atoms with Crippen molar-refractivity contribution in [2.24, 2.45) is 7.05 Å². The third kappa shape index (κ3) is 6.40. The van der Waals surface area contributed by atoms with Crippen LogP contribution in [-0.4, -0.2) is 66.5 Å². The van der Waals surface area contributed by atoms with E-state index >= 15 is 0 Å². The number of carbonyl (C=O) groups is 2. The average Bonchev–Trinajstić information content (AvgIpc) is 2.84. The molecule has 2 aromatic rings. The van der Waals surface area contributed by atoms with Gasteiger partial charge in [0.05, 0.1) is 11.9 Å². The summed E-state index contributed by atoms with van der Waals surface area (Å²) in [6.07, 6.45) is 2.76. The summed E-state index contributed by atoms with van der Waals surface area (Å²) in [7, 11) is -1.32. The van der Waals surface area contributed by atoms with E-state index in [-0.39, 0.29) is 25.3 Å². The first-order chi connectivity index (χ1) is 13.8. The van der Waals surface area contributed by atoms with Gasteiger partial charge >= 0.3 is 0 Å². The molecule has 158 valence electrons. The van der Waals surface area contributed by atoms with Crippen LogP contribution in [0.4, 0.5) is 0 Å². The van der Waals surface area contributed by atoms with Gasteiger partial charge in [-0.05, 0) is 6.42 Å². The van der Waals surface area contributed by atoms with E-state index in [1.807, 2.05) is 47.0 Å². The minimum absolute atomic E-state index is 0.0248. The van der Waals surface area contributed by atoms with Gasteiger partial charge < -0.3 is 10.0 Å². The van der Waals surface area contributed by atoms with Gasteiger partial charge in [-0.3, -0.25) is 14.3 Å². The van der Waals surface area contributed by atoms with Crippen LogP contribution in [-0.2, 0) is 39.5 Å². The highest BCUT2D eigenvalue weighted by Crippen LogP contribution is 2.27. The van der Waals surface area contributed by atoms with Gasteiger partial charge in [-0.2, -0.15) is 5.10 Å². The molecule has 2 N–H and O–H groups in total. The number of carbonyl (C=O) groups excluding carboxylic acids is 1. The number of rotatable bonds is 5. The number of aromatic nitrogens is 2. The Morgan fingerprint density at radius 3 is 2.48 bits per heavy atom. The summed E-state index contributed by atoms with van der Waals surface area (Å²) < 4.78 is 26.5. The van der Waals surface area contributed by atoms with Crippen LogP contribution in [0.15, 0.2) is 30.3 Å². The van der Waals surface area contributed by atoms with Crippen LogP contribution in [0.25, 0.3) is 11.3 Å². The SMILES string of the molecule is Cn1nc(-c2ccccc2)c2c1CCN(C(=O)CCNS(C)(=O)=O)CC2.O=CO. The summed E-state index contributed by atoms with van der Waals surface area (Å²) in [6, 6.07) is 10.1. The topological polar surface area (TPSA) is 122 Å². The first kappa shape index (κ1) is 22.6. The number of amides is 1. The quantitative estimate of drug-likeness (QED) is 0.683. The summed E-state index contributed by atoms with van der Waals surface area (Å²) in [4.78, 5) is 22.6. The van der Waals surface area contributed by atoms with E-state index < -0.39 is 10.0 Å². The fourth-order valence-electron chi connectivity index (χ4n) is 3.36. The van der Waals surface area contributed by atoms with Crippen molar-refractivity contribution in [1.82, 2.24) is 19.4 Å². The lowest BCUT2D eigenvalue weighted by Gasteiger charge is -2.20. The van der Waals surface area contributed by atoms with Crippen LogP contribution in [0.1, 0.15) is 17.7 Å². The number of carboxylic acid groups (broad SMARTS) is 1. The van der Waals surface area contributed by atoms with Gasteiger partial charge in [0.25, 0.3) is 6.47 Å². The number of sulfonamides is 1. The van der Waals surface area contributed by atoms with E-state index in [0.717, 1.165) is 36.0 Å². The van der Waals surface area contributed by atoms with E-state index in [1.165, 1.54) is 5.56 Å². The van der Waals surface area contributed by atoms with Crippen LogP contribution in [0.2, 0.25) is 0 Å². The lowest BCUT2D eigenvalue weighted by molar-refractivity contribution is -0.131. The number of fused-ring (bicyclic) bond motifs is 1. The second kappa shape index (κ2) is 10.2. The van der Waals surface area contributed by atoms with E-state index in [0.29, 0.717) is 13.1 Å². The molecule has 1 aromatic carbocycles. The van der Waals surface area contributed by atoms with Crippen LogP contribution < -0.4 is 4.72 Å². The van der Waals surface area contributed by atoms with Crippen molar-refractivity contribution in [3.63, 3.8) is 0 Å². The third-order valence-corrected chi connectivity index (χ3v) is 5.36. The molecule has 1 aliphatic rings. The van der Waals surface area contributed by atoms with Gasteiger partial charge in [0.15, 0.2) is 0 Å². The Morgan fingerprint density at radius 1 is 1.24 bits per heavy atom. The van der Waals surface area contributed by atoms with Crippen LogP contribution in [0, 0.1) is 0 Å². The zero-order valence-electron chi connectivity index (χ0n) is 16.5. The number of hydrogen-bond donors (Lipinski definition) is 2. The minimum atomic E-state index is -3.27. The van der Waals surface area contributed by atoms with Gasteiger partial charge in [-0.1, -0.05) is 30.3 Å². The first-order valence-corrected chi connectivity index (χ1v) is 11.1. The highest BCUT2D eigenvalue weighted by Gasteiger charge is 2.24. The van der Waals surface area contributed by atoms with Crippen molar-refractivity contribution in [3.05, 3.63) is 41.6 Å². The number of nitrogens with zero attached hydrogens (tertiary/aromatic N) is 3. The van der Waals surface area contributed by atoms with Gasteiger partial charge in [-0.25, -0.2) is 13.1 Å². The molecule has 0 saturated carbocycles. The third-order valence-electron chi connectivity index (χ3n) is 4.63. The molecular weight excluding hydrogens is 396 g/mol. The molecule has 10 heteroatoms. The van der Waals surface area contributed by atoms with Crippen LogP contribution in [0.5, 0.6) is 0 Å². The van der Waals surface area contributed by atoms with E-state index in [9.17, 15) is 13.2 Å². The lowest BCUT2D eigenvalue weighted by atomic mass is 10.0. The fraction of sp³-hybridized carbons (Fsp3) is 0.421. The van der Waals surface area contributed by atoms with Crippen molar-refractivity contribution in [3.8, 4) is 11.3 Å². The predicted octanol–water partition coefficient (Wildman–Crippen LogP) is 0.654. The summed E-state index contributed by atoms with van der Waals surface area (Å²) in [5, 5.41) is 11.6. The first-order valence-electron chi connectivity index (χ1n) is 9.17. The Hall–Kier alpha value is -2.72. The van der Waals surface area contributed by atoms with Gasteiger partial charge in [-0.15, -0.1) is 0 Å². The summed E-state index contributed by atoms with van der Waals surface area (Å²) in [5.41, 5.74) is 4.43. The van der Waals surface area contributed by atoms with E-state index in [1.54, 1.807) is 0 Å². The van der Waals surface area contributed by atoms with Crippen LogP contribution in [0.3, 0.4) is 0 Å². The molecular formula is C19H26N4O5S. The normalized spacial score (nSPS) is 13.7. The van der Waals surface area contributed by atoms with Gasteiger partial charge in [0.2, 0.25) is 15.9 Å². The average molecular weight is 423 g/mol. The highest BCUT2D eigenvalue weighted by atomic mass is 32.2. The van der Waals surface area contributed by atoms with Crippen molar-refractivity contribution in [1.29, 1.82) is 0 Å². The molecule has 0 saturated heterocycles. The number of benzene rings is 1. The Balaban J connectivity index is 0.000000941. The number of aryl methyl sites for hydroxylation is 1. The number of nitrogens with one attached hydrogen (secondary N) is 1. The van der Waals surface area contributed by atoms with E-state index in [4.69, 9.17) is 9.90 Å². The Bertz CT molecular complexity index is 941. The second-order valence-corrected chi connectivity index (χ2v) is 8.50. The van der Waals surface area contributed by atoms with Gasteiger partial charge in [0, 0.05) is 56.3 Å². The van der Waals surface area contributed by atoms with Crippen molar-refractivity contribution < 1.29 is 23.1 Å². The second-order valence-electron chi connectivity index (χ2n) is 6.67. The monoisotopic (exact) mass is 422 g/mol. The lowest BCUT2D eigenvalue weighted by Crippen LogP contribution is -2.36. The number of hydrogen-bond acceptors (Lipinski definition) is 5. The largest absolute Gasteiger partial charge is 0.483 e. The molecule has 0 fully saturated rings. The molecule has 1 aliphatic heterocycles. The Kier molecular flexibility index (Phi) is 7.91. The highest BCUT2D eigenvalue weighted by molar-refractivity contribution is 7.88. The van der Waals surface area contributed by atoms with Crippen molar-refractivity contribution in [2.75, 3.05) is 25.9 Å².